The van der Waals surface area contributed by atoms with Crippen molar-refractivity contribution in [3.63, 3.8) is 0 Å². The van der Waals surface area contributed by atoms with Crippen LogP contribution in [-0.2, 0) is 9.59 Å². The fourth-order valence-corrected chi connectivity index (χ4v) is 2.91. The first-order valence-corrected chi connectivity index (χ1v) is 8.61. The van der Waals surface area contributed by atoms with Gasteiger partial charge in [-0.2, -0.15) is 0 Å². The van der Waals surface area contributed by atoms with Crippen LogP contribution < -0.4 is 0 Å². The fourth-order valence-electron chi connectivity index (χ4n) is 2.91. The summed E-state index contributed by atoms with van der Waals surface area (Å²) >= 11 is 0. The van der Waals surface area contributed by atoms with Crippen LogP contribution >= 0.6 is 0 Å². The first-order chi connectivity index (χ1) is 11.0. The van der Waals surface area contributed by atoms with E-state index in [4.69, 9.17) is 5.11 Å². The van der Waals surface area contributed by atoms with Crippen molar-refractivity contribution in [3.8, 4) is 11.8 Å². The number of hydrogen-bond acceptors (Lipinski definition) is 3. The zero-order chi connectivity index (χ0) is 17.1. The van der Waals surface area contributed by atoms with Gasteiger partial charge in [0.1, 0.15) is 0 Å². The smallest absolute Gasteiger partial charge is 0.304 e. The van der Waals surface area contributed by atoms with Gasteiger partial charge in [0.25, 0.3) is 0 Å². The molecular formula is C19H28O4. The first kappa shape index (κ1) is 19.4. The highest BCUT2D eigenvalue weighted by Gasteiger charge is 2.32. The predicted molar refractivity (Wildman–Crippen MR) is 89.8 cm³/mol. The minimum absolute atomic E-state index is 0.0482. The van der Waals surface area contributed by atoms with Gasteiger partial charge in [0.15, 0.2) is 5.78 Å². The molecule has 1 fully saturated rings. The number of carboxylic acids is 1. The summed E-state index contributed by atoms with van der Waals surface area (Å²) < 4.78 is 0. The molecule has 0 aromatic heterocycles. The van der Waals surface area contributed by atoms with Gasteiger partial charge in [0, 0.05) is 25.2 Å². The van der Waals surface area contributed by atoms with Crippen LogP contribution in [0.4, 0.5) is 0 Å². The molecule has 4 nitrogen and oxygen atoms in total. The number of rotatable bonds is 9. The Hall–Kier alpha value is -1.60. The van der Waals surface area contributed by atoms with E-state index in [-0.39, 0.29) is 30.1 Å². The summed E-state index contributed by atoms with van der Waals surface area (Å²) in [6, 6.07) is 0. The second-order valence-corrected chi connectivity index (χ2v) is 6.21. The summed E-state index contributed by atoms with van der Waals surface area (Å²) in [5.41, 5.74) is 0. The minimum atomic E-state index is -0.845. The molecule has 2 N–H and O–H groups in total. The van der Waals surface area contributed by atoms with Gasteiger partial charge in [-0.25, -0.2) is 0 Å². The largest absolute Gasteiger partial charge is 0.481 e. The van der Waals surface area contributed by atoms with E-state index in [0.717, 1.165) is 32.1 Å². The standard InChI is InChI=1S/C19H28O4/c1-2-3-5-8-16(20)13-11-15-12-14-18(21)17(15)9-6-4-7-10-19(22)23/h11,13,15,17-18,21H,2-3,5,7-10,12,14H2,1H3,(H,22,23)/b13-11+. The zero-order valence-corrected chi connectivity index (χ0v) is 14.0. The van der Waals surface area contributed by atoms with E-state index in [9.17, 15) is 14.7 Å². The van der Waals surface area contributed by atoms with Crippen LogP contribution in [-0.4, -0.2) is 28.1 Å². The van der Waals surface area contributed by atoms with Crippen LogP contribution in [0.5, 0.6) is 0 Å². The molecule has 23 heavy (non-hydrogen) atoms. The monoisotopic (exact) mass is 320 g/mol. The number of aliphatic carboxylic acids is 1. The average molecular weight is 320 g/mol. The number of unbranched alkanes of at least 4 members (excludes halogenated alkanes) is 2. The number of aliphatic hydroxyl groups excluding tert-OH is 1. The summed E-state index contributed by atoms with van der Waals surface area (Å²) in [6.07, 6.45) is 9.51. The van der Waals surface area contributed by atoms with Crippen molar-refractivity contribution in [1.29, 1.82) is 0 Å². The van der Waals surface area contributed by atoms with Crippen LogP contribution in [0.15, 0.2) is 12.2 Å². The molecule has 3 atom stereocenters. The lowest BCUT2D eigenvalue weighted by atomic mass is 9.91. The number of aliphatic hydroxyl groups is 1. The number of ketones is 1. The molecule has 0 bridgehead atoms. The molecule has 1 rings (SSSR count). The molecule has 1 aliphatic carbocycles. The van der Waals surface area contributed by atoms with E-state index in [1.165, 1.54) is 0 Å². The van der Waals surface area contributed by atoms with E-state index in [1.54, 1.807) is 6.08 Å². The third kappa shape index (κ3) is 7.99. The molecule has 0 radical (unpaired) electrons. The summed E-state index contributed by atoms with van der Waals surface area (Å²) in [6.45, 7) is 2.11. The molecule has 0 aliphatic heterocycles. The zero-order valence-electron chi connectivity index (χ0n) is 14.0. The van der Waals surface area contributed by atoms with Gasteiger partial charge in [0.2, 0.25) is 0 Å². The Morgan fingerprint density at radius 2 is 1.96 bits per heavy atom. The van der Waals surface area contributed by atoms with E-state index in [0.29, 0.717) is 19.3 Å². The maximum absolute atomic E-state index is 11.8. The molecule has 0 aromatic carbocycles. The predicted octanol–water partition coefficient (Wildman–Crippen LogP) is 3.34. The fraction of sp³-hybridized carbons (Fsp3) is 0.684. The molecule has 128 valence electrons. The molecule has 1 saturated carbocycles. The Bertz CT molecular complexity index is 469. The van der Waals surface area contributed by atoms with Gasteiger partial charge in [-0.15, -0.1) is 11.8 Å². The Kier molecular flexibility index (Phi) is 9.31. The molecule has 0 spiro atoms. The first-order valence-electron chi connectivity index (χ1n) is 8.61. The Balaban J connectivity index is 2.44. The number of hydrogen-bond donors (Lipinski definition) is 2. The highest BCUT2D eigenvalue weighted by Crippen LogP contribution is 2.35. The molecule has 0 amide bonds. The lowest BCUT2D eigenvalue weighted by Crippen LogP contribution is -2.17. The van der Waals surface area contributed by atoms with Crippen molar-refractivity contribution >= 4 is 11.8 Å². The Morgan fingerprint density at radius 3 is 2.65 bits per heavy atom. The van der Waals surface area contributed by atoms with E-state index < -0.39 is 5.97 Å². The second kappa shape index (κ2) is 11.0. The van der Waals surface area contributed by atoms with Crippen LogP contribution in [0.3, 0.4) is 0 Å². The van der Waals surface area contributed by atoms with E-state index in [2.05, 4.69) is 18.8 Å². The van der Waals surface area contributed by atoms with Gasteiger partial charge >= 0.3 is 5.97 Å². The number of allylic oxidation sites excluding steroid dienone is 2. The van der Waals surface area contributed by atoms with Gasteiger partial charge in [-0.3, -0.25) is 9.59 Å². The summed E-state index contributed by atoms with van der Waals surface area (Å²) in [5, 5.41) is 18.6. The Labute approximate surface area is 139 Å². The molecule has 1 aliphatic rings. The summed E-state index contributed by atoms with van der Waals surface area (Å²) in [5.74, 6) is 5.38. The molecule has 3 unspecified atom stereocenters. The van der Waals surface area contributed by atoms with Crippen LogP contribution in [0, 0.1) is 23.7 Å². The van der Waals surface area contributed by atoms with Crippen molar-refractivity contribution in [1.82, 2.24) is 0 Å². The van der Waals surface area contributed by atoms with Crippen molar-refractivity contribution in [2.75, 3.05) is 0 Å². The van der Waals surface area contributed by atoms with Gasteiger partial charge < -0.3 is 10.2 Å². The molecule has 0 saturated heterocycles. The van der Waals surface area contributed by atoms with Crippen LogP contribution in [0.25, 0.3) is 0 Å². The van der Waals surface area contributed by atoms with Crippen molar-refractivity contribution in [2.45, 2.75) is 70.8 Å². The van der Waals surface area contributed by atoms with Gasteiger partial charge in [0.05, 0.1) is 12.5 Å². The number of carbonyl (C=O) groups excluding carboxylic acids is 1. The van der Waals surface area contributed by atoms with Crippen molar-refractivity contribution in [3.05, 3.63) is 12.2 Å². The highest BCUT2D eigenvalue weighted by molar-refractivity contribution is 5.89. The summed E-state index contributed by atoms with van der Waals surface area (Å²) in [4.78, 5) is 22.2. The van der Waals surface area contributed by atoms with Gasteiger partial charge in [-0.05, 0) is 31.3 Å². The molecule has 0 heterocycles. The van der Waals surface area contributed by atoms with Crippen molar-refractivity contribution < 1.29 is 19.8 Å². The molecular weight excluding hydrogens is 292 g/mol. The third-order valence-electron chi connectivity index (χ3n) is 4.32. The maximum Gasteiger partial charge on any atom is 0.304 e. The van der Waals surface area contributed by atoms with Crippen molar-refractivity contribution in [2.24, 2.45) is 11.8 Å². The molecule has 0 aromatic rings. The second-order valence-electron chi connectivity index (χ2n) is 6.21. The maximum atomic E-state index is 11.8. The Morgan fingerprint density at radius 1 is 1.17 bits per heavy atom. The summed E-state index contributed by atoms with van der Waals surface area (Å²) in [7, 11) is 0. The minimum Gasteiger partial charge on any atom is -0.481 e. The van der Waals surface area contributed by atoms with Crippen LogP contribution in [0.2, 0.25) is 0 Å². The highest BCUT2D eigenvalue weighted by atomic mass is 16.4. The third-order valence-corrected chi connectivity index (χ3v) is 4.32. The molecule has 4 heteroatoms. The topological polar surface area (TPSA) is 74.6 Å². The average Bonchev–Trinajstić information content (AvgIpc) is 2.85. The van der Waals surface area contributed by atoms with Gasteiger partial charge in [-0.1, -0.05) is 25.8 Å². The quantitative estimate of drug-likeness (QED) is 0.388. The van der Waals surface area contributed by atoms with Crippen LogP contribution in [0.1, 0.15) is 64.7 Å². The number of carboxylic acid groups (broad SMARTS) is 1. The van der Waals surface area contributed by atoms with E-state index in [1.807, 2.05) is 6.08 Å². The SMILES string of the molecule is CCCCCC(=O)/C=C/C1CCC(O)C1CC#CCCC(=O)O. The lowest BCUT2D eigenvalue weighted by Gasteiger charge is -2.16. The number of carbonyl (C=O) groups is 2. The normalized spacial score (nSPS) is 23.7. The lowest BCUT2D eigenvalue weighted by molar-refractivity contribution is -0.136. The van der Waals surface area contributed by atoms with E-state index >= 15 is 0 Å².